The number of carbonyl (C=O) groups is 1. The zero-order valence-corrected chi connectivity index (χ0v) is 13.9. The average molecular weight is 295 g/mol. The summed E-state index contributed by atoms with van der Waals surface area (Å²) in [6, 6.07) is 14.6. The van der Waals surface area contributed by atoms with Crippen molar-refractivity contribution in [2.24, 2.45) is 0 Å². The molecular weight excluding hydrogens is 270 g/mol. The number of nitrogens with one attached hydrogen (secondary N) is 1. The fourth-order valence-electron chi connectivity index (χ4n) is 2.49. The fraction of sp³-hybridized carbons (Fsp3) is 0.350. The lowest BCUT2D eigenvalue weighted by Crippen LogP contribution is -2.28. The molecule has 2 nitrogen and oxygen atoms in total. The number of rotatable bonds is 5. The van der Waals surface area contributed by atoms with Crippen molar-refractivity contribution in [3.05, 3.63) is 70.3 Å². The van der Waals surface area contributed by atoms with Crippen LogP contribution < -0.4 is 5.32 Å². The summed E-state index contributed by atoms with van der Waals surface area (Å²) in [7, 11) is 0. The Morgan fingerprint density at radius 3 is 2.23 bits per heavy atom. The lowest BCUT2D eigenvalue weighted by atomic mass is 10.0. The van der Waals surface area contributed by atoms with Crippen LogP contribution in [-0.2, 0) is 17.6 Å². The first-order chi connectivity index (χ1) is 10.5. The van der Waals surface area contributed by atoms with E-state index in [1.165, 1.54) is 16.7 Å². The second-order valence-corrected chi connectivity index (χ2v) is 5.98. The third-order valence-electron chi connectivity index (χ3n) is 4.20. The molecule has 0 bridgehead atoms. The minimum atomic E-state index is 0.0294. The maximum atomic E-state index is 12.2. The smallest absolute Gasteiger partial charge is 0.224 e. The van der Waals surface area contributed by atoms with Gasteiger partial charge in [0.1, 0.15) is 0 Å². The Bertz CT molecular complexity index is 643. The third kappa shape index (κ3) is 4.20. The van der Waals surface area contributed by atoms with Crippen LogP contribution in [-0.4, -0.2) is 5.91 Å². The van der Waals surface area contributed by atoms with Gasteiger partial charge in [0.05, 0.1) is 12.5 Å². The molecule has 1 amide bonds. The van der Waals surface area contributed by atoms with Crippen LogP contribution in [0.2, 0.25) is 0 Å². The zero-order chi connectivity index (χ0) is 16.1. The number of benzene rings is 2. The Labute approximate surface area is 133 Å². The number of carbonyl (C=O) groups excluding carboxylic acids is 1. The Hall–Kier alpha value is -2.09. The van der Waals surface area contributed by atoms with Gasteiger partial charge in [0.2, 0.25) is 5.91 Å². The summed E-state index contributed by atoms with van der Waals surface area (Å²) < 4.78 is 0. The molecule has 0 spiro atoms. The Balaban J connectivity index is 1.96. The van der Waals surface area contributed by atoms with Crippen molar-refractivity contribution < 1.29 is 4.79 Å². The molecule has 0 heterocycles. The van der Waals surface area contributed by atoms with Gasteiger partial charge in [0, 0.05) is 0 Å². The van der Waals surface area contributed by atoms with E-state index in [4.69, 9.17) is 0 Å². The second-order valence-electron chi connectivity index (χ2n) is 5.98. The minimum Gasteiger partial charge on any atom is -0.349 e. The average Bonchev–Trinajstić information content (AvgIpc) is 2.50. The molecule has 1 N–H and O–H groups in total. The highest BCUT2D eigenvalue weighted by Gasteiger charge is 2.10. The van der Waals surface area contributed by atoms with Gasteiger partial charge in [-0.05, 0) is 55.0 Å². The van der Waals surface area contributed by atoms with Gasteiger partial charge >= 0.3 is 0 Å². The van der Waals surface area contributed by atoms with Crippen molar-refractivity contribution in [3.8, 4) is 0 Å². The first-order valence-electron chi connectivity index (χ1n) is 7.94. The fourth-order valence-corrected chi connectivity index (χ4v) is 2.49. The van der Waals surface area contributed by atoms with E-state index in [0.717, 1.165) is 17.5 Å². The highest BCUT2D eigenvalue weighted by molar-refractivity contribution is 5.79. The summed E-state index contributed by atoms with van der Waals surface area (Å²) in [4.78, 5) is 12.2. The molecule has 0 saturated carbocycles. The molecule has 2 rings (SSSR count). The predicted octanol–water partition coefficient (Wildman–Crippen LogP) is 4.29. The van der Waals surface area contributed by atoms with Crippen LogP contribution in [0.3, 0.4) is 0 Å². The number of aryl methyl sites for hydroxylation is 3. The molecular formula is C20H25NO. The molecule has 2 heteroatoms. The van der Waals surface area contributed by atoms with Crippen molar-refractivity contribution in [3.63, 3.8) is 0 Å². The van der Waals surface area contributed by atoms with E-state index >= 15 is 0 Å². The molecule has 0 aliphatic carbocycles. The Kier molecular flexibility index (Phi) is 5.37. The summed E-state index contributed by atoms with van der Waals surface area (Å²) in [5.74, 6) is 0.0648. The lowest BCUT2D eigenvalue weighted by molar-refractivity contribution is -0.121. The predicted molar refractivity (Wildman–Crippen MR) is 92.0 cm³/mol. The summed E-state index contributed by atoms with van der Waals surface area (Å²) in [5.41, 5.74) is 6.04. The molecule has 0 aromatic heterocycles. The summed E-state index contributed by atoms with van der Waals surface area (Å²) in [5, 5.41) is 3.08. The second kappa shape index (κ2) is 7.26. The van der Waals surface area contributed by atoms with Crippen LogP contribution in [0.25, 0.3) is 0 Å². The largest absolute Gasteiger partial charge is 0.349 e. The van der Waals surface area contributed by atoms with E-state index in [0.29, 0.717) is 6.42 Å². The molecule has 0 aliphatic rings. The quantitative estimate of drug-likeness (QED) is 0.876. The third-order valence-corrected chi connectivity index (χ3v) is 4.20. The van der Waals surface area contributed by atoms with Gasteiger partial charge in [-0.15, -0.1) is 0 Å². The molecule has 0 fully saturated rings. The molecule has 0 saturated heterocycles. The van der Waals surface area contributed by atoms with E-state index in [1.54, 1.807) is 0 Å². The van der Waals surface area contributed by atoms with Gasteiger partial charge in [-0.2, -0.15) is 0 Å². The van der Waals surface area contributed by atoms with E-state index < -0.39 is 0 Å². The SMILES string of the molecule is CCc1ccc(CC(=O)N[C@H](C)c2ccc(C)c(C)c2)cc1. The van der Waals surface area contributed by atoms with Crippen LogP contribution in [0, 0.1) is 13.8 Å². The number of amides is 1. The number of hydrogen-bond acceptors (Lipinski definition) is 1. The van der Waals surface area contributed by atoms with Gasteiger partial charge in [-0.3, -0.25) is 4.79 Å². The zero-order valence-electron chi connectivity index (χ0n) is 13.9. The summed E-state index contributed by atoms with van der Waals surface area (Å²) in [6.45, 7) is 8.36. The first kappa shape index (κ1) is 16.3. The lowest BCUT2D eigenvalue weighted by Gasteiger charge is -2.16. The first-order valence-corrected chi connectivity index (χ1v) is 7.94. The summed E-state index contributed by atoms with van der Waals surface area (Å²) in [6.07, 6.45) is 1.45. The Morgan fingerprint density at radius 1 is 1.00 bits per heavy atom. The van der Waals surface area contributed by atoms with Crippen molar-refractivity contribution in [2.75, 3.05) is 0 Å². The number of hydrogen-bond donors (Lipinski definition) is 1. The molecule has 2 aromatic carbocycles. The molecule has 0 aliphatic heterocycles. The topological polar surface area (TPSA) is 29.1 Å². The molecule has 116 valence electrons. The van der Waals surface area contributed by atoms with Crippen LogP contribution in [0.15, 0.2) is 42.5 Å². The van der Waals surface area contributed by atoms with Crippen LogP contribution >= 0.6 is 0 Å². The van der Waals surface area contributed by atoms with Gasteiger partial charge in [0.25, 0.3) is 0 Å². The molecule has 2 aromatic rings. The highest BCUT2D eigenvalue weighted by Crippen LogP contribution is 2.17. The van der Waals surface area contributed by atoms with Crippen molar-refractivity contribution >= 4 is 5.91 Å². The van der Waals surface area contributed by atoms with E-state index in [9.17, 15) is 4.79 Å². The van der Waals surface area contributed by atoms with Gasteiger partial charge in [0.15, 0.2) is 0 Å². The van der Waals surface area contributed by atoms with Crippen LogP contribution in [0.5, 0.6) is 0 Å². The van der Waals surface area contributed by atoms with Crippen molar-refractivity contribution in [1.29, 1.82) is 0 Å². The standard InChI is InChI=1S/C20H25NO/c1-5-17-7-9-18(10-8-17)13-20(22)21-16(4)19-11-6-14(2)15(3)12-19/h6-12,16H,5,13H2,1-4H3,(H,21,22)/t16-/m1/s1. The normalized spacial score (nSPS) is 12.0. The molecule has 0 radical (unpaired) electrons. The van der Waals surface area contributed by atoms with E-state index in [-0.39, 0.29) is 11.9 Å². The maximum Gasteiger partial charge on any atom is 0.224 e. The van der Waals surface area contributed by atoms with Crippen LogP contribution in [0.1, 0.15) is 47.7 Å². The van der Waals surface area contributed by atoms with Gasteiger partial charge in [-0.25, -0.2) is 0 Å². The van der Waals surface area contributed by atoms with Gasteiger partial charge in [-0.1, -0.05) is 49.4 Å². The van der Waals surface area contributed by atoms with Crippen LogP contribution in [0.4, 0.5) is 0 Å². The molecule has 1 atom stereocenters. The van der Waals surface area contributed by atoms with E-state index in [1.807, 2.05) is 19.1 Å². The minimum absolute atomic E-state index is 0.0294. The van der Waals surface area contributed by atoms with E-state index in [2.05, 4.69) is 56.4 Å². The Morgan fingerprint density at radius 2 is 1.64 bits per heavy atom. The van der Waals surface area contributed by atoms with Crippen molar-refractivity contribution in [1.82, 2.24) is 5.32 Å². The van der Waals surface area contributed by atoms with Gasteiger partial charge < -0.3 is 5.32 Å². The highest BCUT2D eigenvalue weighted by atomic mass is 16.1. The summed E-state index contributed by atoms with van der Waals surface area (Å²) >= 11 is 0. The maximum absolute atomic E-state index is 12.2. The molecule has 0 unspecified atom stereocenters. The monoisotopic (exact) mass is 295 g/mol. The van der Waals surface area contributed by atoms with Crippen molar-refractivity contribution in [2.45, 2.75) is 46.6 Å². The molecule has 22 heavy (non-hydrogen) atoms.